The molecule has 0 amide bonds. The highest BCUT2D eigenvalue weighted by Crippen LogP contribution is 2.22. The number of piperidine rings is 1. The first-order valence-corrected chi connectivity index (χ1v) is 8.69. The van der Waals surface area contributed by atoms with Crippen molar-refractivity contribution < 1.29 is 8.42 Å². The number of hydrogen-bond donors (Lipinski definition) is 0. The van der Waals surface area contributed by atoms with E-state index < -0.39 is 10.0 Å². The maximum absolute atomic E-state index is 11.5. The fraction of sp³-hybridized carbons (Fsp3) is 0.769. The third-order valence-electron chi connectivity index (χ3n) is 3.76. The highest BCUT2D eigenvalue weighted by Gasteiger charge is 2.25. The highest BCUT2D eigenvalue weighted by molar-refractivity contribution is 7.88. The van der Waals surface area contributed by atoms with E-state index in [1.165, 1.54) is 6.26 Å². The number of sulfonamides is 1. The van der Waals surface area contributed by atoms with E-state index >= 15 is 0 Å². The molecule has 0 saturated carbocycles. The maximum atomic E-state index is 11.5. The van der Waals surface area contributed by atoms with Gasteiger partial charge in [0, 0.05) is 37.9 Å². The van der Waals surface area contributed by atoms with E-state index in [0.29, 0.717) is 24.9 Å². The van der Waals surface area contributed by atoms with Crippen molar-refractivity contribution in [3.05, 3.63) is 18.2 Å². The Morgan fingerprint density at radius 3 is 2.53 bits per heavy atom. The van der Waals surface area contributed by atoms with E-state index in [9.17, 15) is 8.42 Å². The van der Waals surface area contributed by atoms with Gasteiger partial charge in [-0.2, -0.15) is 0 Å². The molecule has 1 aliphatic rings. The predicted molar refractivity (Wildman–Crippen MR) is 75.5 cm³/mol. The van der Waals surface area contributed by atoms with E-state index in [2.05, 4.69) is 23.4 Å². The minimum atomic E-state index is -3.02. The van der Waals surface area contributed by atoms with Gasteiger partial charge in [0.05, 0.1) is 6.26 Å². The van der Waals surface area contributed by atoms with Crippen LogP contribution in [0.1, 0.15) is 38.4 Å². The lowest BCUT2D eigenvalue weighted by molar-refractivity contribution is 0.252. The van der Waals surface area contributed by atoms with Crippen LogP contribution in [0.15, 0.2) is 12.4 Å². The minimum Gasteiger partial charge on any atom is -0.334 e. The van der Waals surface area contributed by atoms with Crippen LogP contribution in [0.5, 0.6) is 0 Å². The summed E-state index contributed by atoms with van der Waals surface area (Å²) in [4.78, 5) is 4.39. The van der Waals surface area contributed by atoms with Crippen molar-refractivity contribution in [1.82, 2.24) is 13.9 Å². The van der Waals surface area contributed by atoms with E-state index in [4.69, 9.17) is 0 Å². The van der Waals surface area contributed by atoms with E-state index in [1.807, 2.05) is 12.4 Å². The number of aromatic nitrogens is 2. The van der Waals surface area contributed by atoms with Gasteiger partial charge in [0.25, 0.3) is 0 Å². The summed E-state index contributed by atoms with van der Waals surface area (Å²) in [6, 6.07) is 0. The molecule has 0 unspecified atom stereocenters. The summed E-state index contributed by atoms with van der Waals surface area (Å²) >= 11 is 0. The molecule has 19 heavy (non-hydrogen) atoms. The molecule has 1 fully saturated rings. The van der Waals surface area contributed by atoms with Crippen LogP contribution in [0, 0.1) is 5.92 Å². The third kappa shape index (κ3) is 3.57. The predicted octanol–water partition coefficient (Wildman–Crippen LogP) is 1.68. The van der Waals surface area contributed by atoms with Crippen molar-refractivity contribution >= 4 is 10.0 Å². The lowest BCUT2D eigenvalue weighted by Crippen LogP contribution is -2.38. The lowest BCUT2D eigenvalue weighted by atomic mass is 9.98. The Labute approximate surface area is 115 Å². The van der Waals surface area contributed by atoms with Gasteiger partial charge in [-0.1, -0.05) is 13.8 Å². The number of nitrogens with zero attached hydrogens (tertiary/aromatic N) is 3. The maximum Gasteiger partial charge on any atom is 0.211 e. The van der Waals surface area contributed by atoms with Gasteiger partial charge in [0.15, 0.2) is 0 Å². The van der Waals surface area contributed by atoms with Gasteiger partial charge in [-0.15, -0.1) is 0 Å². The second-order valence-corrected chi connectivity index (χ2v) is 7.68. The molecule has 2 heterocycles. The van der Waals surface area contributed by atoms with Gasteiger partial charge in [-0.05, 0) is 18.8 Å². The van der Waals surface area contributed by atoms with Crippen LogP contribution < -0.4 is 0 Å². The first-order chi connectivity index (χ1) is 8.88. The summed E-state index contributed by atoms with van der Waals surface area (Å²) in [5.41, 5.74) is 0. The van der Waals surface area contributed by atoms with Gasteiger partial charge in [-0.3, -0.25) is 0 Å². The zero-order valence-electron chi connectivity index (χ0n) is 11.9. The molecule has 1 aliphatic heterocycles. The number of hydrogen-bond acceptors (Lipinski definition) is 3. The van der Waals surface area contributed by atoms with Gasteiger partial charge in [0.2, 0.25) is 10.0 Å². The molecule has 108 valence electrons. The van der Waals surface area contributed by atoms with Crippen LogP contribution >= 0.6 is 0 Å². The number of rotatable bonds is 4. The SMILES string of the molecule is CC(C)c1nccn1CC1CCN(S(C)(=O)=O)CC1. The Kier molecular flexibility index (Phi) is 4.30. The van der Waals surface area contributed by atoms with Crippen molar-refractivity contribution in [2.24, 2.45) is 5.92 Å². The molecular weight excluding hydrogens is 262 g/mol. The first kappa shape index (κ1) is 14.5. The molecule has 0 spiro atoms. The van der Waals surface area contributed by atoms with Crippen molar-refractivity contribution in [3.63, 3.8) is 0 Å². The second-order valence-electron chi connectivity index (χ2n) is 5.70. The van der Waals surface area contributed by atoms with Crippen LogP contribution in [0.25, 0.3) is 0 Å². The van der Waals surface area contributed by atoms with E-state index in [1.54, 1.807) is 4.31 Å². The second kappa shape index (κ2) is 5.63. The molecule has 0 aromatic carbocycles. The smallest absolute Gasteiger partial charge is 0.211 e. The first-order valence-electron chi connectivity index (χ1n) is 6.84. The standard InChI is InChI=1S/C13H23N3O2S/c1-11(2)13-14-6-9-15(13)10-12-4-7-16(8-5-12)19(3,17)18/h6,9,11-12H,4-5,7-8,10H2,1-3H3. The molecule has 0 N–H and O–H groups in total. The van der Waals surface area contributed by atoms with Crippen LogP contribution in [0.2, 0.25) is 0 Å². The van der Waals surface area contributed by atoms with Crippen LogP contribution in [-0.2, 0) is 16.6 Å². The zero-order chi connectivity index (χ0) is 14.0. The molecule has 0 bridgehead atoms. The Balaban J connectivity index is 1.94. The molecule has 1 aromatic rings. The molecular formula is C13H23N3O2S. The number of imidazole rings is 1. The summed E-state index contributed by atoms with van der Waals surface area (Å²) in [5, 5.41) is 0. The summed E-state index contributed by atoms with van der Waals surface area (Å²) in [6.07, 6.45) is 7.03. The zero-order valence-corrected chi connectivity index (χ0v) is 12.7. The normalized spacial score (nSPS) is 19.2. The molecule has 0 radical (unpaired) electrons. The van der Waals surface area contributed by atoms with Crippen LogP contribution in [0.4, 0.5) is 0 Å². The Morgan fingerprint density at radius 1 is 1.37 bits per heavy atom. The highest BCUT2D eigenvalue weighted by atomic mass is 32.2. The largest absolute Gasteiger partial charge is 0.334 e. The summed E-state index contributed by atoms with van der Waals surface area (Å²) in [5.74, 6) is 2.08. The van der Waals surface area contributed by atoms with Crippen molar-refractivity contribution in [2.45, 2.75) is 39.2 Å². The fourth-order valence-electron chi connectivity index (χ4n) is 2.68. The molecule has 5 nitrogen and oxygen atoms in total. The molecule has 2 rings (SSSR count). The minimum absolute atomic E-state index is 0.422. The third-order valence-corrected chi connectivity index (χ3v) is 5.06. The Morgan fingerprint density at radius 2 is 2.00 bits per heavy atom. The van der Waals surface area contributed by atoms with Gasteiger partial charge in [-0.25, -0.2) is 17.7 Å². The lowest BCUT2D eigenvalue weighted by Gasteiger charge is -2.30. The van der Waals surface area contributed by atoms with Crippen LogP contribution in [0.3, 0.4) is 0 Å². The summed E-state index contributed by atoms with van der Waals surface area (Å²) < 4.78 is 26.7. The van der Waals surface area contributed by atoms with E-state index in [-0.39, 0.29) is 0 Å². The van der Waals surface area contributed by atoms with Crippen LogP contribution in [-0.4, -0.2) is 41.6 Å². The van der Waals surface area contributed by atoms with Crippen molar-refractivity contribution in [2.75, 3.05) is 19.3 Å². The van der Waals surface area contributed by atoms with E-state index in [0.717, 1.165) is 25.2 Å². The average Bonchev–Trinajstić information content (AvgIpc) is 2.77. The monoisotopic (exact) mass is 285 g/mol. The van der Waals surface area contributed by atoms with Gasteiger partial charge >= 0.3 is 0 Å². The van der Waals surface area contributed by atoms with Gasteiger partial charge in [0.1, 0.15) is 5.82 Å². The Hall–Kier alpha value is -0.880. The molecule has 0 aliphatic carbocycles. The average molecular weight is 285 g/mol. The summed E-state index contributed by atoms with van der Waals surface area (Å²) in [7, 11) is -3.02. The summed E-state index contributed by atoms with van der Waals surface area (Å²) in [6.45, 7) is 6.53. The molecule has 0 atom stereocenters. The molecule has 1 aromatic heterocycles. The molecule has 1 saturated heterocycles. The molecule has 6 heteroatoms. The van der Waals surface area contributed by atoms with Gasteiger partial charge < -0.3 is 4.57 Å². The quantitative estimate of drug-likeness (QED) is 0.845. The van der Waals surface area contributed by atoms with Crippen molar-refractivity contribution in [1.29, 1.82) is 0 Å². The van der Waals surface area contributed by atoms with Crippen molar-refractivity contribution in [3.8, 4) is 0 Å². The topological polar surface area (TPSA) is 55.2 Å². The fourth-order valence-corrected chi connectivity index (χ4v) is 3.55. The Bertz CT molecular complexity index is 514.